The molecular weight excluding hydrogens is 312 g/mol. The van der Waals surface area contributed by atoms with Crippen molar-refractivity contribution in [2.75, 3.05) is 6.61 Å². The lowest BCUT2D eigenvalue weighted by atomic mass is 9.78. The van der Waals surface area contributed by atoms with Gasteiger partial charge in [0.2, 0.25) is 0 Å². The van der Waals surface area contributed by atoms with Crippen molar-refractivity contribution in [3.8, 4) is 0 Å². The molecule has 2 N–H and O–H groups in total. The van der Waals surface area contributed by atoms with E-state index in [-0.39, 0.29) is 18.4 Å². The Balaban J connectivity index is 1.68. The van der Waals surface area contributed by atoms with Crippen LogP contribution in [-0.4, -0.2) is 40.6 Å². The van der Waals surface area contributed by atoms with E-state index in [1.807, 2.05) is 0 Å². The normalized spacial score (nSPS) is 28.4. The molecular formula is C18H28O6. The summed E-state index contributed by atoms with van der Waals surface area (Å²) in [6.45, 7) is 0.438. The molecule has 2 fully saturated rings. The number of carbonyl (C=O) groups excluding carboxylic acids is 1. The summed E-state index contributed by atoms with van der Waals surface area (Å²) in [6.07, 6.45) is 7.66. The van der Waals surface area contributed by atoms with Crippen molar-refractivity contribution in [3.05, 3.63) is 0 Å². The van der Waals surface area contributed by atoms with Gasteiger partial charge in [0.05, 0.1) is 17.9 Å². The van der Waals surface area contributed by atoms with Gasteiger partial charge in [0.15, 0.2) is 0 Å². The van der Waals surface area contributed by atoms with Crippen LogP contribution in [0.2, 0.25) is 0 Å². The molecule has 0 aromatic rings. The highest BCUT2D eigenvalue weighted by atomic mass is 16.5. The number of hydrogen-bond donors (Lipinski definition) is 2. The quantitative estimate of drug-likeness (QED) is 0.659. The molecule has 2 aliphatic rings. The standard InChI is InChI=1S/C18H28O6/c19-16(12-5-2-1-3-6-12)7-4-10-24-13-8-9-14(17(20)21)15(11-13)18(22)23/h12-15H,1-11H2,(H,20,21)(H,22,23). The third kappa shape index (κ3) is 5.30. The number of carbonyl (C=O) groups is 3. The molecule has 0 aromatic heterocycles. The monoisotopic (exact) mass is 340 g/mol. The number of carboxylic acids is 2. The van der Waals surface area contributed by atoms with Crippen molar-refractivity contribution in [2.45, 2.75) is 70.3 Å². The Morgan fingerprint density at radius 1 is 0.875 bits per heavy atom. The minimum absolute atomic E-state index is 0.216. The second kappa shape index (κ2) is 9.16. The van der Waals surface area contributed by atoms with E-state index in [1.54, 1.807) is 0 Å². The van der Waals surface area contributed by atoms with Gasteiger partial charge in [-0.25, -0.2) is 0 Å². The second-order valence-corrected chi connectivity index (χ2v) is 7.10. The second-order valence-electron chi connectivity index (χ2n) is 7.10. The van der Waals surface area contributed by atoms with Crippen LogP contribution < -0.4 is 0 Å². The van der Waals surface area contributed by atoms with Crippen LogP contribution in [0, 0.1) is 17.8 Å². The Bertz CT molecular complexity index is 454. The third-order valence-electron chi connectivity index (χ3n) is 5.42. The summed E-state index contributed by atoms with van der Waals surface area (Å²) in [6, 6.07) is 0. The number of rotatable bonds is 8. The Morgan fingerprint density at radius 3 is 2.17 bits per heavy atom. The van der Waals surface area contributed by atoms with Crippen LogP contribution >= 0.6 is 0 Å². The Kier molecular flexibility index (Phi) is 7.21. The molecule has 3 atom stereocenters. The fourth-order valence-electron chi connectivity index (χ4n) is 3.98. The fourth-order valence-corrected chi connectivity index (χ4v) is 3.98. The maximum absolute atomic E-state index is 12.1. The zero-order valence-electron chi connectivity index (χ0n) is 14.1. The molecule has 6 nitrogen and oxygen atoms in total. The number of Topliss-reactive ketones (excluding diaryl/α,β-unsaturated/α-hetero) is 1. The van der Waals surface area contributed by atoms with Crippen LogP contribution in [-0.2, 0) is 19.1 Å². The van der Waals surface area contributed by atoms with Gasteiger partial charge in [-0.3, -0.25) is 14.4 Å². The van der Waals surface area contributed by atoms with E-state index in [2.05, 4.69) is 0 Å². The average Bonchev–Trinajstić information content (AvgIpc) is 2.59. The van der Waals surface area contributed by atoms with E-state index in [0.717, 1.165) is 25.7 Å². The lowest BCUT2D eigenvalue weighted by molar-refractivity contribution is -0.158. The first-order valence-electron chi connectivity index (χ1n) is 9.09. The predicted molar refractivity (Wildman–Crippen MR) is 86.7 cm³/mol. The van der Waals surface area contributed by atoms with Crippen LogP contribution in [0.5, 0.6) is 0 Å². The number of hydrogen-bond acceptors (Lipinski definition) is 4. The predicted octanol–water partition coefficient (Wildman–Crippen LogP) is 2.89. The highest BCUT2D eigenvalue weighted by Crippen LogP contribution is 2.32. The molecule has 2 saturated carbocycles. The van der Waals surface area contributed by atoms with E-state index in [9.17, 15) is 19.5 Å². The minimum Gasteiger partial charge on any atom is -0.481 e. The molecule has 24 heavy (non-hydrogen) atoms. The molecule has 0 aliphatic heterocycles. The smallest absolute Gasteiger partial charge is 0.307 e. The van der Waals surface area contributed by atoms with Gasteiger partial charge in [-0.15, -0.1) is 0 Å². The lowest BCUT2D eigenvalue weighted by Crippen LogP contribution is -2.38. The van der Waals surface area contributed by atoms with E-state index in [1.165, 1.54) is 6.42 Å². The van der Waals surface area contributed by atoms with E-state index in [4.69, 9.17) is 9.84 Å². The van der Waals surface area contributed by atoms with Gasteiger partial charge in [-0.2, -0.15) is 0 Å². The maximum Gasteiger partial charge on any atom is 0.307 e. The van der Waals surface area contributed by atoms with E-state index >= 15 is 0 Å². The molecule has 0 radical (unpaired) electrons. The molecule has 2 aliphatic carbocycles. The summed E-state index contributed by atoms with van der Waals surface area (Å²) in [5.74, 6) is -3.26. The first kappa shape index (κ1) is 18.9. The molecule has 0 aromatic carbocycles. The molecule has 2 rings (SSSR count). The molecule has 0 bridgehead atoms. The first-order valence-corrected chi connectivity index (χ1v) is 9.09. The van der Waals surface area contributed by atoms with Gasteiger partial charge in [0, 0.05) is 18.9 Å². The third-order valence-corrected chi connectivity index (χ3v) is 5.42. The Hall–Kier alpha value is -1.43. The van der Waals surface area contributed by atoms with Crippen molar-refractivity contribution in [3.63, 3.8) is 0 Å². The number of carboxylic acid groups (broad SMARTS) is 2. The van der Waals surface area contributed by atoms with Gasteiger partial charge in [-0.05, 0) is 38.5 Å². The van der Waals surface area contributed by atoms with Crippen LogP contribution in [0.1, 0.15) is 64.2 Å². The van der Waals surface area contributed by atoms with Crippen molar-refractivity contribution in [1.82, 2.24) is 0 Å². The van der Waals surface area contributed by atoms with E-state index in [0.29, 0.717) is 38.1 Å². The molecule has 3 unspecified atom stereocenters. The SMILES string of the molecule is O=C(CCCOC1CCC(C(=O)O)C(C(=O)O)C1)C1CCCCC1. The molecule has 0 saturated heterocycles. The van der Waals surface area contributed by atoms with Gasteiger partial charge < -0.3 is 14.9 Å². The highest BCUT2D eigenvalue weighted by Gasteiger charge is 2.39. The zero-order valence-corrected chi connectivity index (χ0v) is 14.1. The summed E-state index contributed by atoms with van der Waals surface area (Å²) in [4.78, 5) is 34.5. The van der Waals surface area contributed by atoms with Gasteiger partial charge >= 0.3 is 11.9 Å². The first-order chi connectivity index (χ1) is 11.5. The largest absolute Gasteiger partial charge is 0.481 e. The topological polar surface area (TPSA) is 101 Å². The zero-order chi connectivity index (χ0) is 17.5. The van der Waals surface area contributed by atoms with Crippen LogP contribution in [0.4, 0.5) is 0 Å². The highest BCUT2D eigenvalue weighted by molar-refractivity contribution is 5.81. The summed E-state index contributed by atoms with van der Waals surface area (Å²) in [7, 11) is 0. The minimum atomic E-state index is -1.07. The molecule has 0 heterocycles. The van der Waals surface area contributed by atoms with Crippen molar-refractivity contribution in [2.24, 2.45) is 17.8 Å². The van der Waals surface area contributed by atoms with Crippen LogP contribution in [0.15, 0.2) is 0 Å². The Morgan fingerprint density at radius 2 is 1.54 bits per heavy atom. The fraction of sp³-hybridized carbons (Fsp3) is 0.833. The van der Waals surface area contributed by atoms with Gasteiger partial charge in [0.25, 0.3) is 0 Å². The van der Waals surface area contributed by atoms with Gasteiger partial charge in [0.1, 0.15) is 5.78 Å². The number of ether oxygens (including phenoxy) is 1. The van der Waals surface area contributed by atoms with Crippen LogP contribution in [0.25, 0.3) is 0 Å². The summed E-state index contributed by atoms with van der Waals surface area (Å²) < 4.78 is 5.72. The maximum atomic E-state index is 12.1. The summed E-state index contributed by atoms with van der Waals surface area (Å²) in [5, 5.41) is 18.3. The van der Waals surface area contributed by atoms with Gasteiger partial charge in [-0.1, -0.05) is 19.3 Å². The number of aliphatic carboxylic acids is 2. The van der Waals surface area contributed by atoms with Crippen LogP contribution in [0.3, 0.4) is 0 Å². The molecule has 136 valence electrons. The summed E-state index contributed by atoms with van der Waals surface area (Å²) in [5.41, 5.74) is 0. The van der Waals surface area contributed by atoms with Crippen molar-refractivity contribution < 1.29 is 29.3 Å². The summed E-state index contributed by atoms with van der Waals surface area (Å²) >= 11 is 0. The van der Waals surface area contributed by atoms with Crippen molar-refractivity contribution in [1.29, 1.82) is 0 Å². The molecule has 0 amide bonds. The molecule has 6 heteroatoms. The molecule has 0 spiro atoms. The lowest BCUT2D eigenvalue weighted by Gasteiger charge is -2.31. The van der Waals surface area contributed by atoms with E-state index < -0.39 is 23.8 Å². The average molecular weight is 340 g/mol. The Labute approximate surface area is 142 Å². The van der Waals surface area contributed by atoms with Crippen molar-refractivity contribution >= 4 is 17.7 Å². The number of ketones is 1.